The molecule has 144 valence electrons. The van der Waals surface area contributed by atoms with Crippen LogP contribution in [0.1, 0.15) is 11.4 Å². The van der Waals surface area contributed by atoms with Crippen molar-refractivity contribution in [3.05, 3.63) is 71.9 Å². The molecule has 0 unspecified atom stereocenters. The van der Waals surface area contributed by atoms with Crippen molar-refractivity contribution < 1.29 is 4.39 Å². The molecule has 2 aromatic heterocycles. The van der Waals surface area contributed by atoms with Crippen molar-refractivity contribution >= 4 is 17.5 Å². The molecular formula is C21H23FN6. The molecule has 28 heavy (non-hydrogen) atoms. The first-order valence-electron chi connectivity index (χ1n) is 9.42. The van der Waals surface area contributed by atoms with Crippen molar-refractivity contribution in [3.63, 3.8) is 0 Å². The summed E-state index contributed by atoms with van der Waals surface area (Å²) >= 11 is 0. The predicted molar refractivity (Wildman–Crippen MR) is 109 cm³/mol. The number of nitrogens with one attached hydrogen (secondary N) is 1. The van der Waals surface area contributed by atoms with Crippen LogP contribution in [-0.2, 0) is 6.54 Å². The van der Waals surface area contributed by atoms with E-state index >= 15 is 0 Å². The van der Waals surface area contributed by atoms with Gasteiger partial charge in [0.2, 0.25) is 0 Å². The van der Waals surface area contributed by atoms with Gasteiger partial charge in [0.15, 0.2) is 0 Å². The molecule has 7 heteroatoms. The Bertz CT molecular complexity index is 908. The summed E-state index contributed by atoms with van der Waals surface area (Å²) in [5.41, 5.74) is 1.00. The molecule has 0 spiro atoms. The Balaban J connectivity index is 1.40. The number of anilines is 3. The van der Waals surface area contributed by atoms with Crippen molar-refractivity contribution in [2.24, 2.45) is 0 Å². The van der Waals surface area contributed by atoms with Crippen LogP contribution in [0.15, 0.2) is 54.7 Å². The van der Waals surface area contributed by atoms with Gasteiger partial charge in [-0.25, -0.2) is 19.3 Å². The van der Waals surface area contributed by atoms with Gasteiger partial charge in [0.1, 0.15) is 29.1 Å². The smallest absolute Gasteiger partial charge is 0.134 e. The lowest BCUT2D eigenvalue weighted by Gasteiger charge is -2.36. The Labute approximate surface area is 164 Å². The van der Waals surface area contributed by atoms with Crippen molar-refractivity contribution in [1.82, 2.24) is 15.0 Å². The molecular weight excluding hydrogens is 355 g/mol. The summed E-state index contributed by atoms with van der Waals surface area (Å²) < 4.78 is 13.0. The van der Waals surface area contributed by atoms with E-state index in [1.165, 1.54) is 12.1 Å². The second-order valence-electron chi connectivity index (χ2n) is 6.80. The van der Waals surface area contributed by atoms with Gasteiger partial charge in [0.25, 0.3) is 0 Å². The lowest BCUT2D eigenvalue weighted by Crippen LogP contribution is -2.47. The van der Waals surface area contributed by atoms with Crippen LogP contribution in [0.5, 0.6) is 0 Å². The van der Waals surface area contributed by atoms with E-state index in [1.807, 2.05) is 37.4 Å². The van der Waals surface area contributed by atoms with Gasteiger partial charge in [-0.1, -0.05) is 18.2 Å². The summed E-state index contributed by atoms with van der Waals surface area (Å²) in [5, 5.41) is 3.31. The largest absolute Gasteiger partial charge is 0.366 e. The van der Waals surface area contributed by atoms with E-state index in [-0.39, 0.29) is 5.82 Å². The zero-order chi connectivity index (χ0) is 19.3. The molecule has 1 aromatic carbocycles. The first-order valence-corrected chi connectivity index (χ1v) is 9.42. The van der Waals surface area contributed by atoms with Gasteiger partial charge in [-0.05, 0) is 36.8 Å². The molecule has 0 amide bonds. The maximum absolute atomic E-state index is 13.0. The summed E-state index contributed by atoms with van der Waals surface area (Å²) in [6, 6.07) is 14.5. The second-order valence-corrected chi connectivity index (χ2v) is 6.80. The first kappa shape index (κ1) is 18.2. The number of halogens is 1. The van der Waals surface area contributed by atoms with Gasteiger partial charge in [-0.15, -0.1) is 0 Å². The molecule has 1 N–H and O–H groups in total. The van der Waals surface area contributed by atoms with Crippen LogP contribution in [0, 0.1) is 12.7 Å². The second kappa shape index (κ2) is 8.21. The number of hydrogen-bond acceptors (Lipinski definition) is 6. The molecule has 0 bridgehead atoms. The lowest BCUT2D eigenvalue weighted by molar-refractivity contribution is 0.627. The van der Waals surface area contributed by atoms with E-state index in [9.17, 15) is 4.39 Å². The minimum Gasteiger partial charge on any atom is -0.366 e. The highest BCUT2D eigenvalue weighted by Gasteiger charge is 2.19. The minimum atomic E-state index is -0.228. The van der Waals surface area contributed by atoms with E-state index in [2.05, 4.69) is 30.1 Å². The molecule has 0 aliphatic carbocycles. The quantitative estimate of drug-likeness (QED) is 0.736. The maximum Gasteiger partial charge on any atom is 0.134 e. The third-order valence-corrected chi connectivity index (χ3v) is 4.79. The molecule has 1 fully saturated rings. The lowest BCUT2D eigenvalue weighted by atomic mass is 10.2. The summed E-state index contributed by atoms with van der Waals surface area (Å²) in [4.78, 5) is 18.1. The Morgan fingerprint density at radius 3 is 2.32 bits per heavy atom. The third-order valence-electron chi connectivity index (χ3n) is 4.79. The van der Waals surface area contributed by atoms with Gasteiger partial charge >= 0.3 is 0 Å². The Morgan fingerprint density at radius 1 is 0.929 bits per heavy atom. The molecule has 1 aliphatic rings. The molecule has 0 saturated carbocycles. The molecule has 0 atom stereocenters. The number of rotatable bonds is 5. The average molecular weight is 378 g/mol. The van der Waals surface area contributed by atoms with Crippen LogP contribution in [-0.4, -0.2) is 41.1 Å². The molecule has 3 aromatic rings. The topological polar surface area (TPSA) is 57.2 Å². The first-order chi connectivity index (χ1) is 13.7. The van der Waals surface area contributed by atoms with Crippen molar-refractivity contribution in [2.45, 2.75) is 13.5 Å². The fourth-order valence-corrected chi connectivity index (χ4v) is 3.30. The summed E-state index contributed by atoms with van der Waals surface area (Å²) in [7, 11) is 0. The van der Waals surface area contributed by atoms with Crippen molar-refractivity contribution in [3.8, 4) is 0 Å². The van der Waals surface area contributed by atoms with E-state index in [1.54, 1.807) is 12.1 Å². The number of pyridine rings is 1. The van der Waals surface area contributed by atoms with Gasteiger partial charge in [-0.3, -0.25) is 0 Å². The number of piperazine rings is 1. The van der Waals surface area contributed by atoms with Gasteiger partial charge in [0.05, 0.1) is 0 Å². The normalized spacial score (nSPS) is 14.2. The van der Waals surface area contributed by atoms with E-state index in [0.29, 0.717) is 6.54 Å². The molecule has 3 heterocycles. The Hall–Kier alpha value is -3.22. The fraction of sp³-hybridized carbons (Fsp3) is 0.286. The predicted octanol–water partition coefficient (Wildman–Crippen LogP) is 3.26. The van der Waals surface area contributed by atoms with Crippen LogP contribution in [0.4, 0.5) is 21.8 Å². The monoisotopic (exact) mass is 378 g/mol. The highest BCUT2D eigenvalue weighted by molar-refractivity contribution is 5.51. The molecule has 1 aliphatic heterocycles. The zero-order valence-electron chi connectivity index (χ0n) is 15.8. The van der Waals surface area contributed by atoms with Gasteiger partial charge < -0.3 is 15.1 Å². The van der Waals surface area contributed by atoms with Crippen LogP contribution in [0.25, 0.3) is 0 Å². The number of nitrogens with zero attached hydrogens (tertiary/aromatic N) is 5. The molecule has 4 rings (SSSR count). The summed E-state index contributed by atoms with van der Waals surface area (Å²) in [6.45, 7) is 6.05. The molecule has 6 nitrogen and oxygen atoms in total. The van der Waals surface area contributed by atoms with Crippen LogP contribution in [0.2, 0.25) is 0 Å². The SMILES string of the molecule is Cc1nc(NCc2ccc(F)cc2)cc(N2CCN(c3ccccn3)CC2)n1. The van der Waals surface area contributed by atoms with Crippen LogP contribution >= 0.6 is 0 Å². The van der Waals surface area contributed by atoms with Gasteiger partial charge in [0, 0.05) is 45.0 Å². The van der Waals surface area contributed by atoms with Gasteiger partial charge in [-0.2, -0.15) is 0 Å². The molecule has 1 saturated heterocycles. The molecule has 0 radical (unpaired) electrons. The Kier molecular flexibility index (Phi) is 5.32. The number of benzene rings is 1. The van der Waals surface area contributed by atoms with Crippen molar-refractivity contribution in [2.75, 3.05) is 41.3 Å². The standard InChI is InChI=1S/C21H23FN6/c1-16-25-19(24-15-17-5-7-18(22)8-6-17)14-21(26-16)28-12-10-27(11-13-28)20-4-2-3-9-23-20/h2-9,14H,10-13,15H2,1H3,(H,24,25,26). The summed E-state index contributed by atoms with van der Waals surface area (Å²) in [5.74, 6) is 3.22. The number of aryl methyl sites for hydroxylation is 1. The highest BCUT2D eigenvalue weighted by atomic mass is 19.1. The zero-order valence-corrected chi connectivity index (χ0v) is 15.8. The Morgan fingerprint density at radius 2 is 1.64 bits per heavy atom. The number of hydrogen-bond donors (Lipinski definition) is 1. The summed E-state index contributed by atoms with van der Waals surface area (Å²) in [6.07, 6.45) is 1.83. The minimum absolute atomic E-state index is 0.228. The van der Waals surface area contributed by atoms with Crippen LogP contribution in [0.3, 0.4) is 0 Å². The van der Waals surface area contributed by atoms with E-state index < -0.39 is 0 Å². The maximum atomic E-state index is 13.0. The number of aromatic nitrogens is 3. The van der Waals surface area contributed by atoms with E-state index in [4.69, 9.17) is 0 Å². The van der Waals surface area contributed by atoms with Crippen molar-refractivity contribution in [1.29, 1.82) is 0 Å². The highest BCUT2D eigenvalue weighted by Crippen LogP contribution is 2.20. The fourth-order valence-electron chi connectivity index (χ4n) is 3.30. The van der Waals surface area contributed by atoms with Crippen LogP contribution < -0.4 is 15.1 Å². The average Bonchev–Trinajstić information content (AvgIpc) is 2.74. The third kappa shape index (κ3) is 4.36. The van der Waals surface area contributed by atoms with E-state index in [0.717, 1.165) is 55.0 Å².